The Morgan fingerprint density at radius 1 is 1.38 bits per heavy atom. The summed E-state index contributed by atoms with van der Waals surface area (Å²) in [7, 11) is 2.95. The van der Waals surface area contributed by atoms with Crippen LogP contribution in [0, 0.1) is 0 Å². The molecule has 16 heavy (non-hydrogen) atoms. The van der Waals surface area contributed by atoms with Gasteiger partial charge in [0.2, 0.25) is 0 Å². The lowest BCUT2D eigenvalue weighted by molar-refractivity contribution is 0.0597. The fourth-order valence-electron chi connectivity index (χ4n) is 2.04. The van der Waals surface area contributed by atoms with Crippen molar-refractivity contribution in [3.05, 3.63) is 28.8 Å². The van der Waals surface area contributed by atoms with Crippen LogP contribution in [0.2, 0.25) is 0 Å². The number of carbonyl (C=O) groups excluding carboxylic acids is 1. The summed E-state index contributed by atoms with van der Waals surface area (Å²) < 4.78 is 10.1. The number of carbonyl (C=O) groups is 1. The molecule has 0 bridgehead atoms. The quantitative estimate of drug-likeness (QED) is 0.760. The lowest BCUT2D eigenvalue weighted by Crippen LogP contribution is -2.25. The van der Waals surface area contributed by atoms with E-state index in [0.717, 1.165) is 25.1 Å². The van der Waals surface area contributed by atoms with Crippen molar-refractivity contribution in [3.8, 4) is 5.75 Å². The summed E-state index contributed by atoms with van der Waals surface area (Å²) in [5.74, 6) is 0.279. The average Bonchev–Trinajstić information content (AvgIpc) is 2.36. The smallest absolute Gasteiger partial charge is 0.341 e. The molecule has 0 fully saturated rings. The van der Waals surface area contributed by atoms with E-state index < -0.39 is 0 Å². The van der Waals surface area contributed by atoms with E-state index in [1.807, 2.05) is 6.07 Å². The number of benzene rings is 1. The number of nitrogens with one attached hydrogen (secondary N) is 1. The highest BCUT2D eigenvalue weighted by Gasteiger charge is 2.20. The fourth-order valence-corrected chi connectivity index (χ4v) is 2.04. The van der Waals surface area contributed by atoms with Gasteiger partial charge in [0.15, 0.2) is 0 Å². The molecule has 1 heterocycles. The first-order chi connectivity index (χ1) is 7.77. The molecule has 0 atom stereocenters. The summed E-state index contributed by atoms with van der Waals surface area (Å²) in [6, 6.07) is 3.75. The van der Waals surface area contributed by atoms with Gasteiger partial charge in [0.05, 0.1) is 14.2 Å². The number of methoxy groups -OCH3 is 2. The van der Waals surface area contributed by atoms with E-state index in [9.17, 15) is 4.79 Å². The van der Waals surface area contributed by atoms with Crippen molar-refractivity contribution >= 4 is 5.97 Å². The minimum absolute atomic E-state index is 0.356. The molecule has 0 aliphatic carbocycles. The molecule has 1 aromatic carbocycles. The van der Waals surface area contributed by atoms with Gasteiger partial charge in [-0.15, -0.1) is 0 Å². The van der Waals surface area contributed by atoms with E-state index in [2.05, 4.69) is 5.32 Å². The van der Waals surface area contributed by atoms with Crippen LogP contribution in [0.3, 0.4) is 0 Å². The van der Waals surface area contributed by atoms with Crippen molar-refractivity contribution in [2.24, 2.45) is 0 Å². The van der Waals surface area contributed by atoms with E-state index in [4.69, 9.17) is 9.47 Å². The van der Waals surface area contributed by atoms with Gasteiger partial charge in [-0.25, -0.2) is 4.79 Å². The first kappa shape index (κ1) is 11.0. The third-order valence-corrected chi connectivity index (χ3v) is 2.84. The van der Waals surface area contributed by atoms with E-state index in [-0.39, 0.29) is 5.97 Å². The molecular weight excluding hydrogens is 206 g/mol. The van der Waals surface area contributed by atoms with Gasteiger partial charge in [0.1, 0.15) is 11.3 Å². The molecule has 0 saturated carbocycles. The highest BCUT2D eigenvalue weighted by molar-refractivity contribution is 5.93. The van der Waals surface area contributed by atoms with Crippen molar-refractivity contribution in [1.29, 1.82) is 0 Å². The molecule has 1 aliphatic rings. The Morgan fingerprint density at radius 3 is 2.88 bits per heavy atom. The number of ether oxygens (including phenoxy) is 2. The van der Waals surface area contributed by atoms with Gasteiger partial charge in [-0.3, -0.25) is 0 Å². The van der Waals surface area contributed by atoms with Crippen molar-refractivity contribution in [2.45, 2.75) is 13.0 Å². The van der Waals surface area contributed by atoms with E-state index >= 15 is 0 Å². The molecule has 0 amide bonds. The predicted octanol–water partition coefficient (Wildman–Crippen LogP) is 1.13. The first-order valence-corrected chi connectivity index (χ1v) is 5.25. The molecular formula is C12H15NO3. The largest absolute Gasteiger partial charge is 0.496 e. The molecule has 4 nitrogen and oxygen atoms in total. The Labute approximate surface area is 94.6 Å². The van der Waals surface area contributed by atoms with Crippen molar-refractivity contribution in [2.75, 3.05) is 20.8 Å². The molecule has 4 heteroatoms. The van der Waals surface area contributed by atoms with Gasteiger partial charge in [-0.05, 0) is 24.6 Å². The summed E-state index contributed by atoms with van der Waals surface area (Å²) in [4.78, 5) is 11.6. The van der Waals surface area contributed by atoms with Crippen LogP contribution < -0.4 is 10.1 Å². The van der Waals surface area contributed by atoms with Gasteiger partial charge in [-0.2, -0.15) is 0 Å². The summed E-state index contributed by atoms with van der Waals surface area (Å²) in [5.41, 5.74) is 2.80. The van der Waals surface area contributed by atoms with Crippen LogP contribution >= 0.6 is 0 Å². The SMILES string of the molecule is COC(=O)c1ccc2c(c1OC)CNCC2. The normalized spacial score (nSPS) is 14.1. The van der Waals surface area contributed by atoms with Gasteiger partial charge in [0, 0.05) is 12.1 Å². The number of rotatable bonds is 2. The van der Waals surface area contributed by atoms with E-state index in [0.29, 0.717) is 11.3 Å². The van der Waals surface area contributed by atoms with Crippen LogP contribution in [-0.2, 0) is 17.7 Å². The van der Waals surface area contributed by atoms with Gasteiger partial charge in [-0.1, -0.05) is 6.07 Å². The minimum Gasteiger partial charge on any atom is -0.496 e. The Morgan fingerprint density at radius 2 is 2.19 bits per heavy atom. The molecule has 1 N–H and O–H groups in total. The van der Waals surface area contributed by atoms with Crippen LogP contribution in [0.5, 0.6) is 5.75 Å². The zero-order chi connectivity index (χ0) is 11.5. The maximum absolute atomic E-state index is 11.6. The van der Waals surface area contributed by atoms with Crippen molar-refractivity contribution in [3.63, 3.8) is 0 Å². The molecule has 86 valence electrons. The number of fused-ring (bicyclic) bond motifs is 1. The summed E-state index contributed by atoms with van der Waals surface area (Å²) >= 11 is 0. The Kier molecular flexibility index (Phi) is 3.10. The van der Waals surface area contributed by atoms with Crippen LogP contribution in [0.4, 0.5) is 0 Å². The standard InChI is InChI=1S/C12H15NO3/c1-15-11-9(12(14)16-2)4-3-8-5-6-13-7-10(8)11/h3-4,13H,5-7H2,1-2H3. The molecule has 1 aromatic rings. The summed E-state index contributed by atoms with van der Waals surface area (Å²) in [6.45, 7) is 1.71. The van der Waals surface area contributed by atoms with Crippen LogP contribution in [-0.4, -0.2) is 26.7 Å². The number of esters is 1. The third-order valence-electron chi connectivity index (χ3n) is 2.84. The lowest BCUT2D eigenvalue weighted by atomic mass is 9.97. The molecule has 0 spiro atoms. The van der Waals surface area contributed by atoms with Gasteiger partial charge < -0.3 is 14.8 Å². The minimum atomic E-state index is -0.356. The fraction of sp³-hybridized carbons (Fsp3) is 0.417. The second kappa shape index (κ2) is 4.53. The lowest BCUT2D eigenvalue weighted by Gasteiger charge is -2.21. The van der Waals surface area contributed by atoms with Crippen molar-refractivity contribution in [1.82, 2.24) is 5.32 Å². The van der Waals surface area contributed by atoms with Crippen LogP contribution in [0.1, 0.15) is 21.5 Å². The average molecular weight is 221 g/mol. The number of hydrogen-bond acceptors (Lipinski definition) is 4. The van der Waals surface area contributed by atoms with Crippen LogP contribution in [0.15, 0.2) is 12.1 Å². The Balaban J connectivity index is 2.51. The molecule has 0 unspecified atom stereocenters. The zero-order valence-corrected chi connectivity index (χ0v) is 9.50. The Hall–Kier alpha value is -1.55. The maximum Gasteiger partial charge on any atom is 0.341 e. The highest BCUT2D eigenvalue weighted by Crippen LogP contribution is 2.29. The molecule has 1 aliphatic heterocycles. The molecule has 0 radical (unpaired) electrons. The highest BCUT2D eigenvalue weighted by atomic mass is 16.5. The van der Waals surface area contributed by atoms with Gasteiger partial charge >= 0.3 is 5.97 Å². The molecule has 2 rings (SSSR count). The van der Waals surface area contributed by atoms with E-state index in [1.54, 1.807) is 13.2 Å². The second-order valence-corrected chi connectivity index (χ2v) is 3.70. The predicted molar refractivity (Wildman–Crippen MR) is 59.7 cm³/mol. The Bertz CT molecular complexity index is 415. The maximum atomic E-state index is 11.6. The van der Waals surface area contributed by atoms with Crippen molar-refractivity contribution < 1.29 is 14.3 Å². The summed E-state index contributed by atoms with van der Waals surface area (Å²) in [5, 5.41) is 3.27. The first-order valence-electron chi connectivity index (χ1n) is 5.25. The molecule has 0 aromatic heterocycles. The van der Waals surface area contributed by atoms with Crippen LogP contribution in [0.25, 0.3) is 0 Å². The van der Waals surface area contributed by atoms with Gasteiger partial charge in [0.25, 0.3) is 0 Å². The monoisotopic (exact) mass is 221 g/mol. The number of hydrogen-bond donors (Lipinski definition) is 1. The second-order valence-electron chi connectivity index (χ2n) is 3.70. The van der Waals surface area contributed by atoms with E-state index in [1.165, 1.54) is 12.7 Å². The summed E-state index contributed by atoms with van der Waals surface area (Å²) in [6.07, 6.45) is 0.965. The zero-order valence-electron chi connectivity index (χ0n) is 9.50. The third kappa shape index (κ3) is 1.76. The topological polar surface area (TPSA) is 47.6 Å². The molecule has 0 saturated heterocycles.